The van der Waals surface area contributed by atoms with Crippen molar-refractivity contribution in [2.75, 3.05) is 19.8 Å². The Balaban J connectivity index is 3.16. The lowest BCUT2D eigenvalue weighted by Crippen LogP contribution is -2.18. The molecule has 0 radical (unpaired) electrons. The molecule has 0 aromatic heterocycles. The molecular formula is C8H14O5. The summed E-state index contributed by atoms with van der Waals surface area (Å²) in [4.78, 5) is 20.3. The van der Waals surface area contributed by atoms with Crippen LogP contribution in [-0.4, -0.2) is 36.9 Å². The summed E-state index contributed by atoms with van der Waals surface area (Å²) in [5, 5.41) is 8.11. The third-order valence-corrected chi connectivity index (χ3v) is 1.28. The average Bonchev–Trinajstić information content (AvgIpc) is 2.10. The molecule has 0 aliphatic rings. The fraction of sp³-hybridized carbons (Fsp3) is 0.750. The van der Waals surface area contributed by atoms with Gasteiger partial charge in [-0.05, 0) is 6.42 Å². The van der Waals surface area contributed by atoms with Crippen molar-refractivity contribution < 1.29 is 24.2 Å². The fourth-order valence-corrected chi connectivity index (χ4v) is 0.603. The number of esters is 1. The molecule has 0 heterocycles. The molecule has 5 heteroatoms. The molecule has 0 aromatic rings. The minimum absolute atomic E-state index is 0.00511. The molecule has 13 heavy (non-hydrogen) atoms. The summed E-state index contributed by atoms with van der Waals surface area (Å²) >= 11 is 0. The number of hydrogen-bond acceptors (Lipinski definition) is 4. The Morgan fingerprint density at radius 1 is 1.23 bits per heavy atom. The lowest BCUT2D eigenvalue weighted by atomic mass is 10.4. The lowest BCUT2D eigenvalue weighted by Gasteiger charge is -2.02. The van der Waals surface area contributed by atoms with Crippen LogP contribution in [0.2, 0.25) is 0 Å². The van der Waals surface area contributed by atoms with Crippen LogP contribution in [0, 0.1) is 0 Å². The van der Waals surface area contributed by atoms with Crippen molar-refractivity contribution in [2.45, 2.75) is 19.8 Å². The smallest absolute Gasteiger partial charge is 0.417 e. The third-order valence-electron chi connectivity index (χ3n) is 1.28. The van der Waals surface area contributed by atoms with E-state index in [1.807, 2.05) is 6.92 Å². The second-order valence-corrected chi connectivity index (χ2v) is 2.41. The minimum atomic E-state index is -1.58. The number of carbonyl (C=O) groups excluding carboxylic acids is 1. The minimum Gasteiger partial charge on any atom is -0.473 e. The van der Waals surface area contributed by atoms with Gasteiger partial charge in [-0.15, -0.1) is 0 Å². The zero-order valence-corrected chi connectivity index (χ0v) is 7.62. The molecule has 0 amide bonds. The molecule has 0 atom stereocenters. The van der Waals surface area contributed by atoms with Gasteiger partial charge in [-0.3, -0.25) is 0 Å². The first kappa shape index (κ1) is 11.9. The molecule has 76 valence electrons. The SMILES string of the molecule is CCCCOCCOC(=O)C(=O)O. The van der Waals surface area contributed by atoms with Gasteiger partial charge in [0, 0.05) is 6.61 Å². The van der Waals surface area contributed by atoms with Crippen LogP contribution in [0.4, 0.5) is 0 Å². The van der Waals surface area contributed by atoms with Crippen LogP contribution in [0.5, 0.6) is 0 Å². The Morgan fingerprint density at radius 3 is 2.46 bits per heavy atom. The second-order valence-electron chi connectivity index (χ2n) is 2.41. The van der Waals surface area contributed by atoms with Gasteiger partial charge < -0.3 is 14.6 Å². The summed E-state index contributed by atoms with van der Waals surface area (Å²) in [5.74, 6) is -2.81. The predicted octanol–water partition coefficient (Wildman–Crippen LogP) is 0.431. The number of rotatable bonds is 6. The third kappa shape index (κ3) is 7.27. The Kier molecular flexibility index (Phi) is 6.91. The van der Waals surface area contributed by atoms with Crippen LogP contribution in [0.25, 0.3) is 0 Å². The van der Waals surface area contributed by atoms with E-state index in [1.54, 1.807) is 0 Å². The van der Waals surface area contributed by atoms with Crippen molar-refractivity contribution in [1.82, 2.24) is 0 Å². The Labute approximate surface area is 76.6 Å². The van der Waals surface area contributed by atoms with Gasteiger partial charge in [0.15, 0.2) is 0 Å². The quantitative estimate of drug-likeness (QED) is 0.373. The molecule has 0 aliphatic heterocycles. The van der Waals surface area contributed by atoms with Gasteiger partial charge in [-0.1, -0.05) is 13.3 Å². The fourth-order valence-electron chi connectivity index (χ4n) is 0.603. The van der Waals surface area contributed by atoms with E-state index in [0.717, 1.165) is 12.8 Å². The highest BCUT2D eigenvalue weighted by molar-refractivity contribution is 6.28. The van der Waals surface area contributed by atoms with E-state index < -0.39 is 11.9 Å². The van der Waals surface area contributed by atoms with Gasteiger partial charge in [-0.2, -0.15) is 0 Å². The van der Waals surface area contributed by atoms with Crippen molar-refractivity contribution in [3.63, 3.8) is 0 Å². The summed E-state index contributed by atoms with van der Waals surface area (Å²) < 4.78 is 9.35. The van der Waals surface area contributed by atoms with Crippen LogP contribution in [-0.2, 0) is 19.1 Å². The van der Waals surface area contributed by atoms with Gasteiger partial charge >= 0.3 is 11.9 Å². The number of unbranched alkanes of at least 4 members (excludes halogenated alkanes) is 1. The number of carbonyl (C=O) groups is 2. The number of carboxylic acids is 1. The highest BCUT2D eigenvalue weighted by Crippen LogP contribution is 1.88. The maximum absolute atomic E-state index is 10.4. The highest BCUT2D eigenvalue weighted by atomic mass is 16.6. The van der Waals surface area contributed by atoms with E-state index in [0.29, 0.717) is 6.61 Å². The largest absolute Gasteiger partial charge is 0.473 e. The van der Waals surface area contributed by atoms with E-state index in [4.69, 9.17) is 9.84 Å². The molecular weight excluding hydrogens is 176 g/mol. The average molecular weight is 190 g/mol. The van der Waals surface area contributed by atoms with E-state index in [9.17, 15) is 9.59 Å². The van der Waals surface area contributed by atoms with Crippen molar-refractivity contribution in [3.8, 4) is 0 Å². The Bertz CT molecular complexity index is 166. The molecule has 0 aromatic carbocycles. The molecule has 0 bridgehead atoms. The molecule has 0 unspecified atom stereocenters. The molecule has 0 aliphatic carbocycles. The van der Waals surface area contributed by atoms with Crippen LogP contribution in [0.3, 0.4) is 0 Å². The van der Waals surface area contributed by atoms with Gasteiger partial charge in [0.25, 0.3) is 0 Å². The summed E-state index contributed by atoms with van der Waals surface area (Å²) in [6.07, 6.45) is 1.99. The van der Waals surface area contributed by atoms with Crippen molar-refractivity contribution in [1.29, 1.82) is 0 Å². The Morgan fingerprint density at radius 2 is 1.92 bits per heavy atom. The molecule has 1 N–H and O–H groups in total. The van der Waals surface area contributed by atoms with Crippen molar-refractivity contribution >= 4 is 11.9 Å². The molecule has 5 nitrogen and oxygen atoms in total. The van der Waals surface area contributed by atoms with Crippen LogP contribution >= 0.6 is 0 Å². The zero-order valence-electron chi connectivity index (χ0n) is 7.62. The number of carboxylic acid groups (broad SMARTS) is 1. The summed E-state index contributed by atoms with van der Waals surface area (Å²) in [6.45, 7) is 2.89. The molecule has 0 saturated heterocycles. The van der Waals surface area contributed by atoms with Gasteiger partial charge in [0.1, 0.15) is 6.61 Å². The summed E-state index contributed by atoms with van der Waals surface area (Å²) in [7, 11) is 0. The zero-order chi connectivity index (χ0) is 10.1. The number of hydrogen-bond donors (Lipinski definition) is 1. The van der Waals surface area contributed by atoms with E-state index >= 15 is 0 Å². The monoisotopic (exact) mass is 190 g/mol. The molecule has 0 fully saturated rings. The van der Waals surface area contributed by atoms with Gasteiger partial charge in [0.05, 0.1) is 6.61 Å². The predicted molar refractivity (Wildman–Crippen MR) is 44.3 cm³/mol. The maximum Gasteiger partial charge on any atom is 0.417 e. The molecule has 0 saturated carbocycles. The number of ether oxygens (including phenoxy) is 2. The summed E-state index contributed by atoms with van der Waals surface area (Å²) in [6, 6.07) is 0. The normalized spacial score (nSPS) is 9.62. The van der Waals surface area contributed by atoms with Gasteiger partial charge in [0.2, 0.25) is 0 Å². The first-order valence-corrected chi connectivity index (χ1v) is 4.16. The second kappa shape index (κ2) is 7.54. The standard InChI is InChI=1S/C8H14O5/c1-2-3-4-12-5-6-13-8(11)7(9)10/h2-6H2,1H3,(H,9,10). The lowest BCUT2D eigenvalue weighted by molar-refractivity contribution is -0.164. The Hall–Kier alpha value is -1.10. The first-order valence-electron chi connectivity index (χ1n) is 4.16. The molecule has 0 spiro atoms. The van der Waals surface area contributed by atoms with Crippen LogP contribution < -0.4 is 0 Å². The van der Waals surface area contributed by atoms with Crippen LogP contribution in [0.15, 0.2) is 0 Å². The molecule has 0 rings (SSSR count). The number of aliphatic carboxylic acids is 1. The summed E-state index contributed by atoms with van der Waals surface area (Å²) in [5.41, 5.74) is 0. The van der Waals surface area contributed by atoms with Crippen molar-refractivity contribution in [3.05, 3.63) is 0 Å². The van der Waals surface area contributed by atoms with Gasteiger partial charge in [-0.25, -0.2) is 9.59 Å². The first-order chi connectivity index (χ1) is 6.18. The van der Waals surface area contributed by atoms with Crippen molar-refractivity contribution in [2.24, 2.45) is 0 Å². The van der Waals surface area contributed by atoms with E-state index in [2.05, 4.69) is 4.74 Å². The van der Waals surface area contributed by atoms with Crippen LogP contribution in [0.1, 0.15) is 19.8 Å². The van der Waals surface area contributed by atoms with E-state index in [1.165, 1.54) is 0 Å². The van der Waals surface area contributed by atoms with E-state index in [-0.39, 0.29) is 13.2 Å². The highest BCUT2D eigenvalue weighted by Gasteiger charge is 2.11. The topological polar surface area (TPSA) is 72.8 Å². The maximum atomic E-state index is 10.4.